The zero-order valence-corrected chi connectivity index (χ0v) is 27.3. The van der Waals surface area contributed by atoms with Crippen molar-refractivity contribution in [1.29, 1.82) is 0 Å². The number of nitrogens with zero attached hydrogens (tertiary/aromatic N) is 1. The summed E-state index contributed by atoms with van der Waals surface area (Å²) in [7, 11) is 0. The second-order valence-electron chi connectivity index (χ2n) is 13.0. The molecule has 2 heteroatoms. The molecule has 47 heavy (non-hydrogen) atoms. The number of anilines is 3. The maximum atomic E-state index is 2.41. The Bertz CT molecular complexity index is 2430. The molecule has 1 heterocycles. The molecule has 224 valence electrons. The van der Waals surface area contributed by atoms with Crippen molar-refractivity contribution < 1.29 is 0 Å². The Morgan fingerprint density at radius 1 is 0.426 bits per heavy atom. The Morgan fingerprint density at radius 3 is 1.94 bits per heavy atom. The van der Waals surface area contributed by atoms with Crippen molar-refractivity contribution in [3.63, 3.8) is 0 Å². The zero-order valence-electron chi connectivity index (χ0n) is 26.4. The standard InChI is InChI=1S/C45H33NS/c1-45(2)40-19-8-6-16-37(40)38-27-26-35(29-41(38)45)46(34-15-10-14-32(28-34)30-12-4-3-5-13-30)33-24-22-31(23-25-33)36-18-11-21-43-44(36)39-17-7-9-20-42(39)47-43/h3-29H,1-2H3. The van der Waals surface area contributed by atoms with Crippen molar-refractivity contribution in [2.24, 2.45) is 0 Å². The summed E-state index contributed by atoms with van der Waals surface area (Å²) in [6.45, 7) is 4.71. The van der Waals surface area contributed by atoms with Crippen molar-refractivity contribution >= 4 is 48.6 Å². The van der Waals surface area contributed by atoms with Gasteiger partial charge in [0.15, 0.2) is 0 Å². The molecule has 7 aromatic carbocycles. The average Bonchev–Trinajstić information content (AvgIpc) is 3.62. The third-order valence-corrected chi connectivity index (χ3v) is 11.0. The fourth-order valence-electron chi connectivity index (χ4n) is 7.54. The van der Waals surface area contributed by atoms with E-state index >= 15 is 0 Å². The number of benzene rings is 7. The van der Waals surface area contributed by atoms with Crippen molar-refractivity contribution in [3.8, 4) is 33.4 Å². The predicted octanol–water partition coefficient (Wildman–Crippen LogP) is 13.2. The first kappa shape index (κ1) is 27.8. The highest BCUT2D eigenvalue weighted by Crippen LogP contribution is 2.51. The maximum absolute atomic E-state index is 2.41. The molecular weight excluding hydrogens is 587 g/mol. The van der Waals surface area contributed by atoms with Crippen LogP contribution in [0.25, 0.3) is 53.6 Å². The Hall–Kier alpha value is -5.44. The molecule has 0 radical (unpaired) electrons. The molecule has 1 aliphatic carbocycles. The van der Waals surface area contributed by atoms with Gasteiger partial charge in [0.05, 0.1) is 0 Å². The van der Waals surface area contributed by atoms with Gasteiger partial charge in [0.1, 0.15) is 0 Å². The Kier molecular flexibility index (Phi) is 6.41. The highest BCUT2D eigenvalue weighted by atomic mass is 32.1. The van der Waals surface area contributed by atoms with Crippen molar-refractivity contribution in [1.82, 2.24) is 0 Å². The number of thiophene rings is 1. The minimum absolute atomic E-state index is 0.0780. The molecule has 8 aromatic rings. The summed E-state index contributed by atoms with van der Waals surface area (Å²) < 4.78 is 2.66. The van der Waals surface area contributed by atoms with E-state index in [-0.39, 0.29) is 5.41 Å². The SMILES string of the molecule is CC1(C)c2ccccc2-c2ccc(N(c3ccc(-c4cccc5sc6ccccc6c45)cc3)c3cccc(-c4ccccc4)c3)cc21. The van der Waals surface area contributed by atoms with E-state index in [1.807, 2.05) is 11.3 Å². The van der Waals surface area contributed by atoms with E-state index in [1.54, 1.807) is 0 Å². The Balaban J connectivity index is 1.19. The predicted molar refractivity (Wildman–Crippen MR) is 202 cm³/mol. The average molecular weight is 620 g/mol. The Morgan fingerprint density at radius 2 is 1.06 bits per heavy atom. The smallest absolute Gasteiger partial charge is 0.0467 e. The number of fused-ring (bicyclic) bond motifs is 6. The lowest BCUT2D eigenvalue weighted by Gasteiger charge is -2.28. The highest BCUT2D eigenvalue weighted by Gasteiger charge is 2.35. The first-order chi connectivity index (χ1) is 23.1. The summed E-state index contributed by atoms with van der Waals surface area (Å²) in [4.78, 5) is 2.41. The van der Waals surface area contributed by atoms with Gasteiger partial charge in [-0.1, -0.05) is 129 Å². The van der Waals surface area contributed by atoms with Crippen molar-refractivity contribution in [2.75, 3.05) is 4.90 Å². The molecule has 0 N–H and O–H groups in total. The highest BCUT2D eigenvalue weighted by molar-refractivity contribution is 7.25. The van der Waals surface area contributed by atoms with Gasteiger partial charge in [-0.25, -0.2) is 0 Å². The van der Waals surface area contributed by atoms with Crippen molar-refractivity contribution in [3.05, 3.63) is 175 Å². The minimum Gasteiger partial charge on any atom is -0.310 e. The van der Waals surface area contributed by atoms with Gasteiger partial charge < -0.3 is 4.90 Å². The molecule has 0 aliphatic heterocycles. The van der Waals surface area contributed by atoms with Gasteiger partial charge in [0, 0.05) is 42.6 Å². The lowest BCUT2D eigenvalue weighted by atomic mass is 9.82. The molecule has 1 nitrogen and oxygen atoms in total. The van der Waals surface area contributed by atoms with Crippen LogP contribution in [-0.2, 0) is 5.41 Å². The largest absolute Gasteiger partial charge is 0.310 e. The first-order valence-electron chi connectivity index (χ1n) is 16.3. The molecule has 0 amide bonds. The molecule has 9 rings (SSSR count). The van der Waals surface area contributed by atoms with Crippen LogP contribution in [0.4, 0.5) is 17.1 Å². The summed E-state index contributed by atoms with van der Waals surface area (Å²) in [5.41, 5.74) is 13.7. The quantitative estimate of drug-likeness (QED) is 0.185. The monoisotopic (exact) mass is 619 g/mol. The van der Waals surface area contributed by atoms with E-state index < -0.39 is 0 Å². The van der Waals surface area contributed by atoms with E-state index in [0.717, 1.165) is 17.1 Å². The third kappa shape index (κ3) is 4.52. The third-order valence-electron chi connectivity index (χ3n) is 9.88. The topological polar surface area (TPSA) is 3.24 Å². The molecule has 0 bridgehead atoms. The number of hydrogen-bond donors (Lipinski definition) is 0. The molecule has 1 aliphatic rings. The molecular formula is C45H33NS. The summed E-state index contributed by atoms with van der Waals surface area (Å²) >= 11 is 1.87. The number of hydrogen-bond acceptors (Lipinski definition) is 2. The van der Waals surface area contributed by atoms with Crippen LogP contribution in [0.5, 0.6) is 0 Å². The first-order valence-corrected chi connectivity index (χ1v) is 17.1. The molecule has 0 atom stereocenters. The van der Waals surface area contributed by atoms with Crippen LogP contribution >= 0.6 is 11.3 Å². The minimum atomic E-state index is -0.0780. The maximum Gasteiger partial charge on any atom is 0.0467 e. The molecule has 1 aromatic heterocycles. The second kappa shape index (κ2) is 10.8. The summed E-state index contributed by atoms with van der Waals surface area (Å²) in [5.74, 6) is 0. The van der Waals surface area contributed by atoms with E-state index in [2.05, 4.69) is 183 Å². The summed E-state index contributed by atoms with van der Waals surface area (Å²) in [6, 6.07) is 60.1. The molecule has 0 fully saturated rings. The number of rotatable bonds is 5. The van der Waals surface area contributed by atoms with Gasteiger partial charge in [-0.3, -0.25) is 0 Å². The van der Waals surface area contributed by atoms with E-state index in [0.29, 0.717) is 0 Å². The Labute approximate surface area is 280 Å². The lowest BCUT2D eigenvalue weighted by molar-refractivity contribution is 0.660. The summed E-state index contributed by atoms with van der Waals surface area (Å²) in [5, 5.41) is 2.67. The van der Waals surface area contributed by atoms with Gasteiger partial charge in [0.25, 0.3) is 0 Å². The van der Waals surface area contributed by atoms with Gasteiger partial charge >= 0.3 is 0 Å². The van der Waals surface area contributed by atoms with Crippen LogP contribution in [0, 0.1) is 0 Å². The van der Waals surface area contributed by atoms with Crippen LogP contribution in [0.1, 0.15) is 25.0 Å². The molecule has 0 saturated heterocycles. The fraction of sp³-hybridized carbons (Fsp3) is 0.0667. The normalized spacial score (nSPS) is 13.1. The van der Waals surface area contributed by atoms with E-state index in [4.69, 9.17) is 0 Å². The van der Waals surface area contributed by atoms with Crippen LogP contribution in [-0.4, -0.2) is 0 Å². The summed E-state index contributed by atoms with van der Waals surface area (Å²) in [6.07, 6.45) is 0. The zero-order chi connectivity index (χ0) is 31.5. The molecule has 0 spiro atoms. The molecule has 0 saturated carbocycles. The van der Waals surface area contributed by atoms with Gasteiger partial charge in [-0.05, 0) is 93.0 Å². The van der Waals surface area contributed by atoms with Crippen LogP contribution in [0.3, 0.4) is 0 Å². The molecule has 0 unspecified atom stereocenters. The van der Waals surface area contributed by atoms with Crippen LogP contribution < -0.4 is 4.90 Å². The van der Waals surface area contributed by atoms with Gasteiger partial charge in [-0.2, -0.15) is 0 Å². The van der Waals surface area contributed by atoms with Gasteiger partial charge in [-0.15, -0.1) is 11.3 Å². The van der Waals surface area contributed by atoms with Crippen LogP contribution in [0.2, 0.25) is 0 Å². The van der Waals surface area contributed by atoms with Gasteiger partial charge in [0.2, 0.25) is 0 Å². The van der Waals surface area contributed by atoms with Crippen molar-refractivity contribution in [2.45, 2.75) is 19.3 Å². The lowest BCUT2D eigenvalue weighted by Crippen LogP contribution is -2.16. The second-order valence-corrected chi connectivity index (χ2v) is 14.1. The van der Waals surface area contributed by atoms with E-state index in [1.165, 1.54) is 64.7 Å². The van der Waals surface area contributed by atoms with E-state index in [9.17, 15) is 0 Å². The van der Waals surface area contributed by atoms with Crippen LogP contribution in [0.15, 0.2) is 164 Å². The fourth-order valence-corrected chi connectivity index (χ4v) is 8.67.